The van der Waals surface area contributed by atoms with Gasteiger partial charge in [-0.2, -0.15) is 0 Å². The molecule has 3 heterocycles. The second-order valence-electron chi connectivity index (χ2n) is 5.37. The van der Waals surface area contributed by atoms with Gasteiger partial charge in [0, 0.05) is 19.3 Å². The Kier molecular flexibility index (Phi) is 3.14. The van der Waals surface area contributed by atoms with Crippen molar-refractivity contribution in [1.29, 1.82) is 0 Å². The summed E-state index contributed by atoms with van der Waals surface area (Å²) in [6, 6.07) is 0. The minimum Gasteiger partial charge on any atom is -0.391 e. The van der Waals surface area contributed by atoms with E-state index in [4.69, 9.17) is 0 Å². The first-order chi connectivity index (χ1) is 9.20. The zero-order valence-corrected chi connectivity index (χ0v) is 11.4. The molecule has 102 valence electrons. The van der Waals surface area contributed by atoms with Crippen LogP contribution in [0.2, 0.25) is 0 Å². The molecule has 1 aliphatic rings. The fourth-order valence-electron chi connectivity index (χ4n) is 2.77. The number of fused-ring (bicyclic) bond motifs is 1. The fraction of sp³-hybridized carbons (Fsp3) is 0.571. The number of anilines is 1. The van der Waals surface area contributed by atoms with Gasteiger partial charge in [-0.3, -0.25) is 0 Å². The molecule has 0 aromatic carbocycles. The van der Waals surface area contributed by atoms with Gasteiger partial charge in [0.2, 0.25) is 0 Å². The Morgan fingerprint density at radius 3 is 3.05 bits per heavy atom. The van der Waals surface area contributed by atoms with Crippen LogP contribution in [-0.4, -0.2) is 39.3 Å². The summed E-state index contributed by atoms with van der Waals surface area (Å²) in [6.45, 7) is 5.83. The van der Waals surface area contributed by atoms with Crippen LogP contribution in [0.25, 0.3) is 11.0 Å². The maximum atomic E-state index is 10.1. The number of hydrogen-bond donors (Lipinski definition) is 2. The van der Waals surface area contributed by atoms with E-state index in [0.29, 0.717) is 12.5 Å². The molecule has 2 unspecified atom stereocenters. The molecule has 0 saturated carbocycles. The van der Waals surface area contributed by atoms with E-state index in [1.807, 2.05) is 6.20 Å². The number of aryl methyl sites for hydroxylation is 1. The number of piperidine rings is 1. The summed E-state index contributed by atoms with van der Waals surface area (Å²) < 4.78 is 0. The lowest BCUT2D eigenvalue weighted by molar-refractivity contribution is 0.103. The first kappa shape index (κ1) is 12.4. The molecule has 2 N–H and O–H groups in total. The molecule has 5 nitrogen and oxygen atoms in total. The number of H-pyrrole nitrogens is 1. The number of aromatic nitrogens is 3. The Labute approximate surface area is 112 Å². The van der Waals surface area contributed by atoms with Gasteiger partial charge in [0.25, 0.3) is 0 Å². The Bertz CT molecular complexity index is 580. The highest BCUT2D eigenvalue weighted by Gasteiger charge is 2.26. The van der Waals surface area contributed by atoms with Crippen LogP contribution >= 0.6 is 0 Å². The molecule has 3 rings (SSSR count). The summed E-state index contributed by atoms with van der Waals surface area (Å²) in [4.78, 5) is 14.1. The van der Waals surface area contributed by atoms with Crippen molar-refractivity contribution >= 4 is 16.9 Å². The Balaban J connectivity index is 2.02. The van der Waals surface area contributed by atoms with Crippen LogP contribution in [0.3, 0.4) is 0 Å². The third-order valence-electron chi connectivity index (χ3n) is 4.13. The molecule has 0 radical (unpaired) electrons. The summed E-state index contributed by atoms with van der Waals surface area (Å²) in [5, 5.41) is 11.2. The third kappa shape index (κ3) is 2.08. The second kappa shape index (κ2) is 4.81. The van der Waals surface area contributed by atoms with E-state index in [1.165, 1.54) is 5.56 Å². The summed E-state index contributed by atoms with van der Waals surface area (Å²) in [5.74, 6) is 1.32. The monoisotopic (exact) mass is 260 g/mol. The van der Waals surface area contributed by atoms with Gasteiger partial charge in [-0.15, -0.1) is 0 Å². The molecule has 1 saturated heterocycles. The molecule has 0 bridgehead atoms. The van der Waals surface area contributed by atoms with E-state index in [0.717, 1.165) is 36.2 Å². The Morgan fingerprint density at radius 1 is 1.47 bits per heavy atom. The van der Waals surface area contributed by atoms with Crippen molar-refractivity contribution in [3.05, 3.63) is 18.1 Å². The van der Waals surface area contributed by atoms with Gasteiger partial charge in [0.1, 0.15) is 17.8 Å². The average Bonchev–Trinajstić information content (AvgIpc) is 2.85. The third-order valence-corrected chi connectivity index (χ3v) is 4.13. The molecule has 2 aromatic heterocycles. The molecule has 0 aliphatic carbocycles. The number of nitrogens with one attached hydrogen (secondary N) is 1. The van der Waals surface area contributed by atoms with Crippen LogP contribution in [-0.2, 0) is 6.42 Å². The highest BCUT2D eigenvalue weighted by atomic mass is 16.3. The van der Waals surface area contributed by atoms with Crippen LogP contribution in [0, 0.1) is 5.92 Å². The van der Waals surface area contributed by atoms with E-state index in [9.17, 15) is 5.11 Å². The summed E-state index contributed by atoms with van der Waals surface area (Å²) in [7, 11) is 0. The van der Waals surface area contributed by atoms with E-state index in [2.05, 4.69) is 33.7 Å². The van der Waals surface area contributed by atoms with E-state index in [-0.39, 0.29) is 6.10 Å². The highest BCUT2D eigenvalue weighted by Crippen LogP contribution is 2.29. The molecule has 0 spiro atoms. The number of aliphatic hydroxyl groups excluding tert-OH is 1. The van der Waals surface area contributed by atoms with E-state index in [1.54, 1.807) is 6.33 Å². The first-order valence-electron chi connectivity index (χ1n) is 6.94. The van der Waals surface area contributed by atoms with E-state index >= 15 is 0 Å². The Morgan fingerprint density at radius 2 is 2.32 bits per heavy atom. The lowest BCUT2D eigenvalue weighted by atomic mass is 9.96. The van der Waals surface area contributed by atoms with Gasteiger partial charge in [-0.1, -0.05) is 13.8 Å². The minimum atomic E-state index is -0.275. The van der Waals surface area contributed by atoms with Crippen molar-refractivity contribution in [2.45, 2.75) is 32.8 Å². The fourth-order valence-corrected chi connectivity index (χ4v) is 2.77. The number of aliphatic hydroxyl groups is 1. The number of nitrogens with zero attached hydrogens (tertiary/aromatic N) is 3. The smallest absolute Gasteiger partial charge is 0.143 e. The molecule has 1 aliphatic heterocycles. The molecular weight excluding hydrogens is 240 g/mol. The molecule has 0 amide bonds. The van der Waals surface area contributed by atoms with Crippen molar-refractivity contribution in [3.63, 3.8) is 0 Å². The summed E-state index contributed by atoms with van der Waals surface area (Å²) in [5.41, 5.74) is 2.12. The van der Waals surface area contributed by atoms with Gasteiger partial charge in [-0.25, -0.2) is 9.97 Å². The maximum Gasteiger partial charge on any atom is 0.143 e. The van der Waals surface area contributed by atoms with Gasteiger partial charge >= 0.3 is 0 Å². The standard InChI is InChI=1S/C14H20N4O/c1-3-10-6-15-13-12(10)14(17-8-16-13)18-5-4-9(2)11(19)7-18/h6,8-9,11,19H,3-5,7H2,1-2H3,(H,15,16,17). The summed E-state index contributed by atoms with van der Waals surface area (Å²) in [6.07, 6.45) is 5.28. The van der Waals surface area contributed by atoms with Crippen LogP contribution in [0.15, 0.2) is 12.5 Å². The van der Waals surface area contributed by atoms with Gasteiger partial charge in [0.05, 0.1) is 11.5 Å². The molecule has 2 atom stereocenters. The van der Waals surface area contributed by atoms with Crippen molar-refractivity contribution in [2.24, 2.45) is 5.92 Å². The van der Waals surface area contributed by atoms with Crippen molar-refractivity contribution in [1.82, 2.24) is 15.0 Å². The number of aromatic amines is 1. The lowest BCUT2D eigenvalue weighted by Crippen LogP contribution is -2.43. The zero-order chi connectivity index (χ0) is 13.4. The predicted octanol–water partition coefficient (Wildman–Crippen LogP) is 1.73. The first-order valence-corrected chi connectivity index (χ1v) is 6.94. The zero-order valence-electron chi connectivity index (χ0n) is 11.4. The SMILES string of the molecule is CCc1c[nH]c2ncnc(N3CCC(C)C(O)C3)c12. The largest absolute Gasteiger partial charge is 0.391 e. The van der Waals surface area contributed by atoms with Gasteiger partial charge < -0.3 is 15.0 Å². The van der Waals surface area contributed by atoms with Crippen LogP contribution in [0.4, 0.5) is 5.82 Å². The molecule has 1 fully saturated rings. The molecule has 2 aromatic rings. The molecular formula is C14H20N4O. The van der Waals surface area contributed by atoms with Gasteiger partial charge in [0.15, 0.2) is 0 Å². The number of β-amino-alcohol motifs (C(OH)–C–C–N with tert-alkyl or cyclic N) is 1. The van der Waals surface area contributed by atoms with Crippen LogP contribution in [0.5, 0.6) is 0 Å². The molecule has 19 heavy (non-hydrogen) atoms. The Hall–Kier alpha value is -1.62. The van der Waals surface area contributed by atoms with Crippen molar-refractivity contribution < 1.29 is 5.11 Å². The number of hydrogen-bond acceptors (Lipinski definition) is 4. The van der Waals surface area contributed by atoms with Gasteiger partial charge in [-0.05, 0) is 24.3 Å². The second-order valence-corrected chi connectivity index (χ2v) is 5.37. The van der Waals surface area contributed by atoms with E-state index < -0.39 is 0 Å². The topological polar surface area (TPSA) is 65.0 Å². The van der Waals surface area contributed by atoms with Crippen molar-refractivity contribution in [2.75, 3.05) is 18.0 Å². The predicted molar refractivity (Wildman–Crippen MR) is 75.3 cm³/mol. The minimum absolute atomic E-state index is 0.275. The highest BCUT2D eigenvalue weighted by molar-refractivity contribution is 5.90. The normalized spacial score (nSPS) is 24.1. The molecule has 5 heteroatoms. The van der Waals surface area contributed by atoms with Crippen LogP contribution < -0.4 is 4.90 Å². The lowest BCUT2D eigenvalue weighted by Gasteiger charge is -2.35. The number of rotatable bonds is 2. The quantitative estimate of drug-likeness (QED) is 0.863. The maximum absolute atomic E-state index is 10.1. The average molecular weight is 260 g/mol. The van der Waals surface area contributed by atoms with Crippen LogP contribution in [0.1, 0.15) is 25.8 Å². The summed E-state index contributed by atoms with van der Waals surface area (Å²) >= 11 is 0. The van der Waals surface area contributed by atoms with Crippen molar-refractivity contribution in [3.8, 4) is 0 Å².